The molecule has 102 valence electrons. The van der Waals surface area contributed by atoms with Gasteiger partial charge in [0.2, 0.25) is 0 Å². The summed E-state index contributed by atoms with van der Waals surface area (Å²) in [6.45, 7) is 0. The number of aromatic nitrogens is 2. The number of aryl methyl sites for hydroxylation is 1. The molecular weight excluding hydrogens is 278 g/mol. The van der Waals surface area contributed by atoms with Crippen LogP contribution >= 0.6 is 0 Å². The second-order valence-corrected chi connectivity index (χ2v) is 5.41. The predicted octanol–water partition coefficient (Wildman–Crippen LogP) is 1.08. The first-order chi connectivity index (χ1) is 8.79. The largest absolute Gasteiger partial charge is 0.381 e. The molecule has 9 heteroatoms. The lowest BCUT2D eigenvalue weighted by Crippen LogP contribution is -2.17. The standard InChI is InChI=1S/C10H10F2N4O2S/c1-16-5-14-9(13)10(16)19(17,18)15-8-3-6(11)2-7(12)4-8/h2-5,15H,13H2,1H3. The molecule has 2 rings (SSSR count). The summed E-state index contributed by atoms with van der Waals surface area (Å²) in [6.07, 6.45) is 1.22. The number of halogens is 2. The Balaban J connectivity index is 2.42. The van der Waals surface area contributed by atoms with Crippen LogP contribution in [0.4, 0.5) is 20.3 Å². The average Bonchev–Trinajstić information content (AvgIpc) is 2.56. The number of imidazole rings is 1. The highest BCUT2D eigenvalue weighted by Crippen LogP contribution is 2.21. The third-order valence-corrected chi connectivity index (χ3v) is 3.79. The lowest BCUT2D eigenvalue weighted by atomic mass is 10.3. The van der Waals surface area contributed by atoms with E-state index in [1.165, 1.54) is 17.9 Å². The van der Waals surface area contributed by atoms with Crippen molar-refractivity contribution >= 4 is 21.5 Å². The van der Waals surface area contributed by atoms with Crippen LogP contribution in [0.25, 0.3) is 0 Å². The van der Waals surface area contributed by atoms with Gasteiger partial charge in [-0.05, 0) is 12.1 Å². The minimum atomic E-state index is -4.07. The normalized spacial score (nSPS) is 11.5. The summed E-state index contributed by atoms with van der Waals surface area (Å²) in [5.41, 5.74) is 5.20. The topological polar surface area (TPSA) is 90.0 Å². The number of nitrogens with zero attached hydrogens (tertiary/aromatic N) is 2. The number of rotatable bonds is 3. The maximum Gasteiger partial charge on any atom is 0.281 e. The fourth-order valence-corrected chi connectivity index (χ4v) is 2.86. The first kappa shape index (κ1) is 13.3. The van der Waals surface area contributed by atoms with Gasteiger partial charge in [0.05, 0.1) is 12.0 Å². The molecule has 19 heavy (non-hydrogen) atoms. The number of nitrogens with two attached hydrogens (primary N) is 1. The van der Waals surface area contributed by atoms with Gasteiger partial charge in [0.1, 0.15) is 11.6 Å². The Bertz CT molecular complexity index is 687. The van der Waals surface area contributed by atoms with Crippen LogP contribution in [-0.2, 0) is 17.1 Å². The van der Waals surface area contributed by atoms with Crippen molar-refractivity contribution in [3.8, 4) is 0 Å². The quantitative estimate of drug-likeness (QED) is 0.884. The summed E-state index contributed by atoms with van der Waals surface area (Å²) < 4.78 is 53.3. The van der Waals surface area contributed by atoms with Gasteiger partial charge in [0, 0.05) is 13.1 Å². The smallest absolute Gasteiger partial charge is 0.281 e. The van der Waals surface area contributed by atoms with Crippen molar-refractivity contribution in [2.45, 2.75) is 5.03 Å². The van der Waals surface area contributed by atoms with Gasteiger partial charge < -0.3 is 10.3 Å². The Labute approximate surface area is 107 Å². The summed E-state index contributed by atoms with van der Waals surface area (Å²) in [5.74, 6) is -1.99. The van der Waals surface area contributed by atoms with Gasteiger partial charge in [0.15, 0.2) is 10.8 Å². The minimum absolute atomic E-state index is 0.202. The molecule has 0 bridgehead atoms. The number of hydrogen-bond acceptors (Lipinski definition) is 4. The number of nitrogen functional groups attached to an aromatic ring is 1. The molecular formula is C10H10F2N4O2S. The molecule has 2 aromatic rings. The Morgan fingerprint density at radius 1 is 1.26 bits per heavy atom. The first-order valence-electron chi connectivity index (χ1n) is 5.05. The second-order valence-electron chi connectivity index (χ2n) is 3.81. The highest BCUT2D eigenvalue weighted by molar-refractivity contribution is 7.92. The summed E-state index contributed by atoms with van der Waals surface area (Å²) in [6, 6.07) is 2.34. The van der Waals surface area contributed by atoms with Crippen LogP contribution in [0.2, 0.25) is 0 Å². The third kappa shape index (κ3) is 2.65. The zero-order valence-corrected chi connectivity index (χ0v) is 10.6. The maximum absolute atomic E-state index is 13.0. The first-order valence-corrected chi connectivity index (χ1v) is 6.53. The molecule has 0 amide bonds. The molecule has 0 radical (unpaired) electrons. The van der Waals surface area contributed by atoms with Gasteiger partial charge in [-0.15, -0.1) is 0 Å². The Kier molecular flexibility index (Phi) is 3.14. The molecule has 0 saturated carbocycles. The van der Waals surface area contributed by atoms with E-state index in [-0.39, 0.29) is 16.5 Å². The van der Waals surface area contributed by atoms with E-state index in [1.807, 2.05) is 4.72 Å². The van der Waals surface area contributed by atoms with Gasteiger partial charge in [-0.25, -0.2) is 13.8 Å². The highest BCUT2D eigenvalue weighted by atomic mass is 32.2. The van der Waals surface area contributed by atoms with E-state index < -0.39 is 21.7 Å². The van der Waals surface area contributed by atoms with Crippen LogP contribution in [0.5, 0.6) is 0 Å². The molecule has 1 aromatic heterocycles. The summed E-state index contributed by atoms with van der Waals surface area (Å²) in [7, 11) is -2.64. The Morgan fingerprint density at radius 3 is 2.32 bits per heavy atom. The molecule has 6 nitrogen and oxygen atoms in total. The molecule has 3 N–H and O–H groups in total. The highest BCUT2D eigenvalue weighted by Gasteiger charge is 2.22. The molecule has 0 atom stereocenters. The molecule has 1 heterocycles. The van der Waals surface area contributed by atoms with E-state index in [0.717, 1.165) is 12.1 Å². The molecule has 0 aliphatic heterocycles. The van der Waals surface area contributed by atoms with Crippen molar-refractivity contribution in [3.05, 3.63) is 36.2 Å². The second kappa shape index (κ2) is 4.50. The fourth-order valence-electron chi connectivity index (χ4n) is 1.58. The Morgan fingerprint density at radius 2 is 1.84 bits per heavy atom. The lowest BCUT2D eigenvalue weighted by Gasteiger charge is -2.09. The van der Waals surface area contributed by atoms with Crippen molar-refractivity contribution in [1.29, 1.82) is 0 Å². The summed E-state index contributed by atoms with van der Waals surface area (Å²) in [4.78, 5) is 3.63. The van der Waals surface area contributed by atoms with Crippen molar-refractivity contribution < 1.29 is 17.2 Å². The average molecular weight is 288 g/mol. The van der Waals surface area contributed by atoms with Crippen molar-refractivity contribution in [2.24, 2.45) is 7.05 Å². The summed E-state index contributed by atoms with van der Waals surface area (Å²) >= 11 is 0. The monoisotopic (exact) mass is 288 g/mol. The van der Waals surface area contributed by atoms with Crippen molar-refractivity contribution in [2.75, 3.05) is 10.5 Å². The van der Waals surface area contributed by atoms with Gasteiger partial charge >= 0.3 is 0 Å². The van der Waals surface area contributed by atoms with Gasteiger partial charge in [-0.1, -0.05) is 0 Å². The van der Waals surface area contributed by atoms with Crippen LogP contribution < -0.4 is 10.5 Å². The van der Waals surface area contributed by atoms with E-state index in [4.69, 9.17) is 5.73 Å². The van der Waals surface area contributed by atoms with Crippen LogP contribution in [-0.4, -0.2) is 18.0 Å². The zero-order chi connectivity index (χ0) is 14.2. The van der Waals surface area contributed by atoms with E-state index in [2.05, 4.69) is 4.98 Å². The molecule has 0 aliphatic rings. The van der Waals surface area contributed by atoms with E-state index >= 15 is 0 Å². The SMILES string of the molecule is Cn1cnc(N)c1S(=O)(=O)Nc1cc(F)cc(F)c1. The van der Waals surface area contributed by atoms with Crippen LogP contribution in [0, 0.1) is 11.6 Å². The van der Waals surface area contributed by atoms with E-state index in [1.54, 1.807) is 0 Å². The third-order valence-electron chi connectivity index (χ3n) is 2.28. The predicted molar refractivity (Wildman–Crippen MR) is 64.8 cm³/mol. The number of benzene rings is 1. The molecule has 1 aromatic carbocycles. The number of hydrogen-bond donors (Lipinski definition) is 2. The number of anilines is 2. The van der Waals surface area contributed by atoms with Crippen LogP contribution in [0.15, 0.2) is 29.6 Å². The fraction of sp³-hybridized carbons (Fsp3) is 0.100. The van der Waals surface area contributed by atoms with Gasteiger partial charge in [0.25, 0.3) is 10.0 Å². The van der Waals surface area contributed by atoms with Crippen LogP contribution in [0.1, 0.15) is 0 Å². The zero-order valence-electron chi connectivity index (χ0n) is 9.76. The Hall–Kier alpha value is -2.16. The molecule has 0 saturated heterocycles. The minimum Gasteiger partial charge on any atom is -0.381 e. The maximum atomic E-state index is 13.0. The van der Waals surface area contributed by atoms with Crippen LogP contribution in [0.3, 0.4) is 0 Å². The number of nitrogens with one attached hydrogen (secondary N) is 1. The molecule has 0 aliphatic carbocycles. The van der Waals surface area contributed by atoms with E-state index in [0.29, 0.717) is 6.07 Å². The summed E-state index contributed by atoms with van der Waals surface area (Å²) in [5, 5.41) is -0.280. The number of sulfonamides is 1. The molecule has 0 fully saturated rings. The van der Waals surface area contributed by atoms with Crippen molar-refractivity contribution in [1.82, 2.24) is 9.55 Å². The van der Waals surface area contributed by atoms with E-state index in [9.17, 15) is 17.2 Å². The molecule has 0 unspecified atom stereocenters. The van der Waals surface area contributed by atoms with Crippen molar-refractivity contribution in [3.63, 3.8) is 0 Å². The molecule has 0 spiro atoms. The van der Waals surface area contributed by atoms with Gasteiger partial charge in [-0.3, -0.25) is 4.72 Å². The lowest BCUT2D eigenvalue weighted by molar-refractivity contribution is 0.583. The van der Waals surface area contributed by atoms with Gasteiger partial charge in [-0.2, -0.15) is 8.42 Å².